The molecule has 4 rings (SSSR count). The second-order valence-corrected chi connectivity index (χ2v) is 10.4. The molecule has 0 bridgehead atoms. The van der Waals surface area contributed by atoms with Gasteiger partial charge in [0, 0.05) is 32.8 Å². The highest BCUT2D eigenvalue weighted by molar-refractivity contribution is 7.99. The highest BCUT2D eigenvalue weighted by Gasteiger charge is 2.20. The standard InChI is InChI=1S/C27H31N3O4S/c1-18(2)15-30-22-17-29(16-20-11-8-10-19-9-4-5-12-21(19)20)26(35-14-7-6-13-23(31)32)24(22)25(33)28(3)27(30)34/h4-5,8-12,17-18H,6-7,13-16H2,1-3H3,(H,31,32). The van der Waals surface area contributed by atoms with Gasteiger partial charge in [0.1, 0.15) is 0 Å². The number of nitrogens with zero attached hydrogens (tertiary/aromatic N) is 3. The van der Waals surface area contributed by atoms with Gasteiger partial charge in [-0.3, -0.25) is 18.7 Å². The van der Waals surface area contributed by atoms with Crippen LogP contribution in [-0.4, -0.2) is 30.5 Å². The van der Waals surface area contributed by atoms with Gasteiger partial charge in [-0.2, -0.15) is 0 Å². The van der Waals surface area contributed by atoms with Crippen LogP contribution in [0.25, 0.3) is 21.7 Å². The van der Waals surface area contributed by atoms with Crippen molar-refractivity contribution in [3.63, 3.8) is 0 Å². The lowest BCUT2D eigenvalue weighted by Gasteiger charge is -2.12. The summed E-state index contributed by atoms with van der Waals surface area (Å²) in [5, 5.41) is 12.6. The molecule has 35 heavy (non-hydrogen) atoms. The molecule has 0 saturated heterocycles. The first-order chi connectivity index (χ1) is 16.8. The number of carboxylic acids is 1. The number of aliphatic carboxylic acids is 1. The van der Waals surface area contributed by atoms with E-state index in [4.69, 9.17) is 5.11 Å². The third-order valence-corrected chi connectivity index (χ3v) is 7.33. The Hall–Kier alpha value is -3.26. The van der Waals surface area contributed by atoms with Crippen molar-refractivity contribution in [1.82, 2.24) is 13.7 Å². The zero-order chi connectivity index (χ0) is 25.1. The van der Waals surface area contributed by atoms with Gasteiger partial charge >= 0.3 is 11.7 Å². The molecule has 0 fully saturated rings. The molecule has 0 unspecified atom stereocenters. The molecular formula is C27H31N3O4S. The fraction of sp³-hybridized carbons (Fsp3) is 0.370. The Kier molecular flexibility index (Phi) is 7.50. The van der Waals surface area contributed by atoms with E-state index in [1.165, 1.54) is 11.6 Å². The van der Waals surface area contributed by atoms with Crippen molar-refractivity contribution in [1.29, 1.82) is 0 Å². The minimum atomic E-state index is -0.800. The van der Waals surface area contributed by atoms with E-state index in [9.17, 15) is 14.4 Å². The van der Waals surface area contributed by atoms with Crippen molar-refractivity contribution in [3.8, 4) is 0 Å². The third kappa shape index (κ3) is 5.22. The Morgan fingerprint density at radius 2 is 1.80 bits per heavy atom. The van der Waals surface area contributed by atoms with Gasteiger partial charge in [-0.1, -0.05) is 56.3 Å². The fourth-order valence-corrected chi connectivity index (χ4v) is 5.60. The minimum absolute atomic E-state index is 0.133. The van der Waals surface area contributed by atoms with Crippen LogP contribution >= 0.6 is 11.8 Å². The van der Waals surface area contributed by atoms with Gasteiger partial charge in [0.15, 0.2) is 0 Å². The molecule has 2 aromatic heterocycles. The lowest BCUT2D eigenvalue weighted by atomic mass is 10.0. The molecule has 1 N–H and O–H groups in total. The van der Waals surface area contributed by atoms with E-state index in [-0.39, 0.29) is 23.6 Å². The van der Waals surface area contributed by atoms with E-state index in [1.807, 2.05) is 24.4 Å². The van der Waals surface area contributed by atoms with Crippen molar-refractivity contribution in [2.45, 2.75) is 51.2 Å². The molecule has 0 amide bonds. The molecule has 0 aliphatic heterocycles. The van der Waals surface area contributed by atoms with Gasteiger partial charge in [0.05, 0.1) is 15.9 Å². The van der Waals surface area contributed by atoms with Crippen LogP contribution in [0.2, 0.25) is 0 Å². The van der Waals surface area contributed by atoms with Gasteiger partial charge in [0.2, 0.25) is 0 Å². The monoisotopic (exact) mass is 493 g/mol. The summed E-state index contributed by atoms with van der Waals surface area (Å²) in [6, 6.07) is 14.4. The number of thioether (sulfide) groups is 1. The number of carboxylic acid groups (broad SMARTS) is 1. The van der Waals surface area contributed by atoms with Crippen LogP contribution in [0.15, 0.2) is 63.3 Å². The minimum Gasteiger partial charge on any atom is -0.481 e. The van der Waals surface area contributed by atoms with Crippen LogP contribution in [0.5, 0.6) is 0 Å². The molecule has 8 heteroatoms. The Morgan fingerprint density at radius 1 is 1.06 bits per heavy atom. The number of unbranched alkanes of at least 4 members (excludes halogenated alkanes) is 1. The summed E-state index contributed by atoms with van der Waals surface area (Å²) in [4.78, 5) is 37.2. The van der Waals surface area contributed by atoms with E-state index in [0.717, 1.165) is 27.8 Å². The molecule has 0 radical (unpaired) electrons. The van der Waals surface area contributed by atoms with E-state index in [0.29, 0.717) is 36.2 Å². The largest absolute Gasteiger partial charge is 0.481 e. The summed E-state index contributed by atoms with van der Waals surface area (Å²) < 4.78 is 4.98. The number of aromatic nitrogens is 3. The van der Waals surface area contributed by atoms with Gasteiger partial charge < -0.3 is 9.67 Å². The number of carbonyl (C=O) groups is 1. The Bertz CT molecular complexity index is 1490. The number of benzene rings is 2. The quantitative estimate of drug-likeness (QED) is 0.256. The maximum atomic E-state index is 13.3. The summed E-state index contributed by atoms with van der Waals surface area (Å²) in [6.45, 7) is 5.18. The molecular weight excluding hydrogens is 462 g/mol. The van der Waals surface area contributed by atoms with E-state index < -0.39 is 5.97 Å². The van der Waals surface area contributed by atoms with Gasteiger partial charge in [0.25, 0.3) is 5.56 Å². The average molecular weight is 494 g/mol. The summed E-state index contributed by atoms with van der Waals surface area (Å²) in [7, 11) is 1.53. The molecule has 0 atom stereocenters. The lowest BCUT2D eigenvalue weighted by Crippen LogP contribution is -2.38. The molecule has 0 aliphatic carbocycles. The number of hydrogen-bond donors (Lipinski definition) is 1. The van der Waals surface area contributed by atoms with Crippen LogP contribution < -0.4 is 11.2 Å². The SMILES string of the molecule is CC(C)Cn1c(=O)n(C)c(=O)c2c(SCCCCC(=O)O)n(Cc3cccc4ccccc34)cc21. The summed E-state index contributed by atoms with van der Waals surface area (Å²) in [6.07, 6.45) is 3.38. The Morgan fingerprint density at radius 3 is 2.54 bits per heavy atom. The molecule has 7 nitrogen and oxygen atoms in total. The zero-order valence-electron chi connectivity index (χ0n) is 20.4. The van der Waals surface area contributed by atoms with Crippen molar-refractivity contribution in [3.05, 3.63) is 75.1 Å². The molecule has 0 aliphatic rings. The van der Waals surface area contributed by atoms with Crippen LogP contribution in [0.4, 0.5) is 0 Å². The first kappa shape index (κ1) is 24.9. The third-order valence-electron chi connectivity index (χ3n) is 6.13. The average Bonchev–Trinajstić information content (AvgIpc) is 3.18. The van der Waals surface area contributed by atoms with Crippen molar-refractivity contribution in [2.24, 2.45) is 13.0 Å². The normalized spacial score (nSPS) is 11.7. The molecule has 0 spiro atoms. The second kappa shape index (κ2) is 10.6. The molecule has 2 heterocycles. The van der Waals surface area contributed by atoms with Gasteiger partial charge in [-0.05, 0) is 40.8 Å². The number of fused-ring (bicyclic) bond motifs is 2. The van der Waals surface area contributed by atoms with Crippen LogP contribution in [0, 0.1) is 5.92 Å². The molecule has 4 aromatic rings. The Balaban J connectivity index is 1.84. The van der Waals surface area contributed by atoms with E-state index >= 15 is 0 Å². The highest BCUT2D eigenvalue weighted by atomic mass is 32.2. The topological polar surface area (TPSA) is 86.2 Å². The predicted octanol–water partition coefficient (Wildman–Crippen LogP) is 4.71. The van der Waals surface area contributed by atoms with Gasteiger partial charge in [-0.15, -0.1) is 11.8 Å². The summed E-state index contributed by atoms with van der Waals surface area (Å²) >= 11 is 1.56. The van der Waals surface area contributed by atoms with E-state index in [2.05, 4.69) is 42.7 Å². The first-order valence-electron chi connectivity index (χ1n) is 11.9. The second-order valence-electron chi connectivity index (χ2n) is 9.31. The van der Waals surface area contributed by atoms with Crippen molar-refractivity contribution in [2.75, 3.05) is 5.75 Å². The first-order valence-corrected chi connectivity index (χ1v) is 12.9. The number of hydrogen-bond acceptors (Lipinski definition) is 4. The van der Waals surface area contributed by atoms with Crippen LogP contribution in [0.1, 0.15) is 38.7 Å². The predicted molar refractivity (Wildman–Crippen MR) is 142 cm³/mol. The van der Waals surface area contributed by atoms with Crippen molar-refractivity contribution < 1.29 is 9.90 Å². The Labute approximate surface area is 208 Å². The summed E-state index contributed by atoms with van der Waals surface area (Å²) in [5.74, 6) is 0.127. The van der Waals surface area contributed by atoms with Crippen LogP contribution in [0.3, 0.4) is 0 Å². The van der Waals surface area contributed by atoms with Crippen LogP contribution in [-0.2, 0) is 24.9 Å². The highest BCUT2D eigenvalue weighted by Crippen LogP contribution is 2.30. The maximum Gasteiger partial charge on any atom is 0.331 e. The lowest BCUT2D eigenvalue weighted by molar-refractivity contribution is -0.137. The maximum absolute atomic E-state index is 13.3. The molecule has 2 aromatic carbocycles. The smallest absolute Gasteiger partial charge is 0.331 e. The molecule has 0 saturated carbocycles. The van der Waals surface area contributed by atoms with Gasteiger partial charge in [-0.25, -0.2) is 4.79 Å². The summed E-state index contributed by atoms with van der Waals surface area (Å²) in [5.41, 5.74) is 1.18. The molecule has 184 valence electrons. The van der Waals surface area contributed by atoms with E-state index in [1.54, 1.807) is 16.3 Å². The van der Waals surface area contributed by atoms with Crippen molar-refractivity contribution >= 4 is 39.4 Å². The number of rotatable bonds is 10. The fourth-order valence-electron chi connectivity index (χ4n) is 4.44. The zero-order valence-corrected chi connectivity index (χ0v) is 21.2.